The molecule has 0 bridgehead atoms. The average molecular weight is 362 g/mol. The van der Waals surface area contributed by atoms with Crippen LogP contribution in [0, 0.1) is 0 Å². The number of nitrogens with zero attached hydrogens (tertiary/aromatic N) is 1. The van der Waals surface area contributed by atoms with Crippen LogP contribution in [-0.4, -0.2) is 35.4 Å². The molecular weight excluding hydrogens is 346 g/mol. The maximum Gasteiger partial charge on any atom is 0.326 e. The highest BCUT2D eigenvalue weighted by Crippen LogP contribution is 2.10. The van der Waals surface area contributed by atoms with Crippen LogP contribution in [0.5, 0.6) is 0 Å². The van der Waals surface area contributed by atoms with Crippen LogP contribution >= 0.6 is 11.6 Å². The zero-order valence-electron chi connectivity index (χ0n) is 13.4. The number of carbonyl (C=O) groups is 3. The van der Waals surface area contributed by atoms with Gasteiger partial charge in [-0.15, -0.1) is 0 Å². The van der Waals surface area contributed by atoms with Crippen molar-refractivity contribution in [2.45, 2.75) is 13.0 Å². The topological polar surface area (TPSA) is 97.4 Å². The zero-order valence-corrected chi connectivity index (χ0v) is 14.1. The van der Waals surface area contributed by atoms with Crippen LogP contribution in [-0.2, 0) is 14.3 Å². The summed E-state index contributed by atoms with van der Waals surface area (Å²) in [4.78, 5) is 39.4. The summed E-state index contributed by atoms with van der Waals surface area (Å²) in [6.45, 7) is 1.08. The van der Waals surface area contributed by atoms with Crippen LogP contribution in [0.1, 0.15) is 17.3 Å². The van der Waals surface area contributed by atoms with E-state index in [1.165, 1.54) is 19.2 Å². The minimum atomic E-state index is -1.04. The van der Waals surface area contributed by atoms with Crippen LogP contribution in [0.4, 0.5) is 5.82 Å². The van der Waals surface area contributed by atoms with Gasteiger partial charge in [0, 0.05) is 11.8 Å². The maximum atomic E-state index is 11.9. The van der Waals surface area contributed by atoms with E-state index < -0.39 is 23.9 Å². The molecule has 2 amide bonds. The number of halogens is 1. The van der Waals surface area contributed by atoms with Gasteiger partial charge in [0.15, 0.2) is 6.10 Å². The van der Waals surface area contributed by atoms with E-state index in [1.54, 1.807) is 36.4 Å². The van der Waals surface area contributed by atoms with Crippen molar-refractivity contribution in [3.8, 4) is 0 Å². The molecule has 0 saturated carbocycles. The molecule has 0 aliphatic heterocycles. The van der Waals surface area contributed by atoms with Crippen LogP contribution in [0.3, 0.4) is 0 Å². The maximum absolute atomic E-state index is 11.9. The summed E-state index contributed by atoms with van der Waals surface area (Å²) in [7, 11) is 0. The summed E-state index contributed by atoms with van der Waals surface area (Å²) in [6.07, 6.45) is 0.339. The van der Waals surface area contributed by atoms with E-state index in [-0.39, 0.29) is 12.4 Å². The Labute approximate surface area is 149 Å². The molecule has 7 nitrogen and oxygen atoms in total. The highest BCUT2D eigenvalue weighted by molar-refractivity contribution is 6.30. The van der Waals surface area contributed by atoms with Gasteiger partial charge in [-0.2, -0.15) is 0 Å². The fourth-order valence-corrected chi connectivity index (χ4v) is 1.93. The minimum absolute atomic E-state index is 0.287. The number of esters is 1. The summed E-state index contributed by atoms with van der Waals surface area (Å²) >= 11 is 5.71. The fourth-order valence-electron chi connectivity index (χ4n) is 1.81. The molecule has 130 valence electrons. The normalized spacial score (nSPS) is 11.3. The second-order valence-electron chi connectivity index (χ2n) is 5.03. The first-order valence-electron chi connectivity index (χ1n) is 7.41. The number of amides is 2. The third kappa shape index (κ3) is 5.89. The van der Waals surface area contributed by atoms with Gasteiger partial charge in [-0.1, -0.05) is 29.8 Å². The van der Waals surface area contributed by atoms with E-state index >= 15 is 0 Å². The fraction of sp³-hybridized carbons (Fsp3) is 0.176. The summed E-state index contributed by atoms with van der Waals surface area (Å²) in [5.41, 5.74) is 0.426. The van der Waals surface area contributed by atoms with E-state index in [0.29, 0.717) is 10.6 Å². The molecule has 1 aromatic carbocycles. The van der Waals surface area contributed by atoms with Gasteiger partial charge in [0.05, 0.1) is 5.02 Å². The zero-order chi connectivity index (χ0) is 18.2. The predicted octanol–water partition coefficient (Wildman–Crippen LogP) is 2.04. The number of pyridine rings is 1. The summed E-state index contributed by atoms with van der Waals surface area (Å²) in [5, 5.41) is 5.36. The summed E-state index contributed by atoms with van der Waals surface area (Å²) < 4.78 is 4.97. The van der Waals surface area contributed by atoms with Crippen LogP contribution < -0.4 is 10.6 Å². The number of aromatic nitrogens is 1. The second kappa shape index (κ2) is 8.79. The number of hydrogen-bond donors (Lipinski definition) is 2. The Bertz CT molecular complexity index is 750. The van der Waals surface area contributed by atoms with Gasteiger partial charge >= 0.3 is 5.97 Å². The molecule has 1 aromatic heterocycles. The van der Waals surface area contributed by atoms with Gasteiger partial charge in [-0.05, 0) is 31.2 Å². The number of carbonyl (C=O) groups excluding carboxylic acids is 3. The van der Waals surface area contributed by atoms with Crippen molar-refractivity contribution >= 4 is 35.2 Å². The quantitative estimate of drug-likeness (QED) is 0.767. The van der Waals surface area contributed by atoms with E-state index in [9.17, 15) is 14.4 Å². The van der Waals surface area contributed by atoms with Crippen LogP contribution in [0.25, 0.3) is 0 Å². The Kier molecular flexibility index (Phi) is 6.47. The second-order valence-corrected chi connectivity index (χ2v) is 5.47. The largest absolute Gasteiger partial charge is 0.451 e. The monoisotopic (exact) mass is 361 g/mol. The van der Waals surface area contributed by atoms with Crippen molar-refractivity contribution in [1.82, 2.24) is 10.3 Å². The molecule has 0 unspecified atom stereocenters. The molecule has 0 spiro atoms. The number of anilines is 1. The van der Waals surface area contributed by atoms with Gasteiger partial charge in [-0.25, -0.2) is 4.98 Å². The molecule has 1 heterocycles. The first-order chi connectivity index (χ1) is 12.0. The smallest absolute Gasteiger partial charge is 0.326 e. The SMILES string of the molecule is C[C@H](OC(=O)CNC(=O)c1ccccc1)C(=O)Nc1ccc(Cl)cn1. The van der Waals surface area contributed by atoms with Crippen molar-refractivity contribution in [3.05, 3.63) is 59.2 Å². The van der Waals surface area contributed by atoms with Gasteiger partial charge in [0.25, 0.3) is 11.8 Å². The molecule has 0 aliphatic rings. The van der Waals surface area contributed by atoms with Gasteiger partial charge < -0.3 is 15.4 Å². The molecule has 1 atom stereocenters. The number of benzene rings is 1. The van der Waals surface area contributed by atoms with Crippen molar-refractivity contribution in [3.63, 3.8) is 0 Å². The first kappa shape index (κ1) is 18.4. The summed E-state index contributed by atoms with van der Waals surface area (Å²) in [6, 6.07) is 11.5. The lowest BCUT2D eigenvalue weighted by Crippen LogP contribution is -2.35. The van der Waals surface area contributed by atoms with Crippen molar-refractivity contribution in [1.29, 1.82) is 0 Å². The van der Waals surface area contributed by atoms with Gasteiger partial charge in [0.1, 0.15) is 12.4 Å². The molecule has 2 rings (SSSR count). The molecule has 0 radical (unpaired) electrons. The van der Waals surface area contributed by atoms with Gasteiger partial charge in [0.2, 0.25) is 0 Å². The molecule has 2 aromatic rings. The lowest BCUT2D eigenvalue weighted by molar-refractivity contribution is -0.152. The molecule has 25 heavy (non-hydrogen) atoms. The van der Waals surface area contributed by atoms with Crippen molar-refractivity contribution < 1.29 is 19.1 Å². The van der Waals surface area contributed by atoms with E-state index in [4.69, 9.17) is 16.3 Å². The third-order valence-corrected chi connectivity index (χ3v) is 3.31. The summed E-state index contributed by atoms with van der Waals surface area (Å²) in [5.74, 6) is -1.39. The van der Waals surface area contributed by atoms with Crippen LogP contribution in [0.2, 0.25) is 5.02 Å². The van der Waals surface area contributed by atoms with Crippen molar-refractivity contribution in [2.75, 3.05) is 11.9 Å². The molecule has 0 aliphatic carbocycles. The highest BCUT2D eigenvalue weighted by Gasteiger charge is 2.18. The molecular formula is C17H16ClN3O4. The molecule has 2 N–H and O–H groups in total. The highest BCUT2D eigenvalue weighted by atomic mass is 35.5. The Morgan fingerprint density at radius 1 is 1.16 bits per heavy atom. The Balaban J connectivity index is 1.78. The van der Waals surface area contributed by atoms with E-state index in [1.807, 2.05) is 0 Å². The molecule has 0 fully saturated rings. The third-order valence-electron chi connectivity index (χ3n) is 3.09. The lowest BCUT2D eigenvalue weighted by atomic mass is 10.2. The minimum Gasteiger partial charge on any atom is -0.451 e. The predicted molar refractivity (Wildman–Crippen MR) is 92.2 cm³/mol. The molecule has 8 heteroatoms. The standard InChI is InChI=1S/C17H16ClN3O4/c1-11(16(23)21-14-8-7-13(18)9-19-14)25-15(22)10-20-17(24)12-5-3-2-4-6-12/h2-9,11H,10H2,1H3,(H,20,24)(H,19,21,23)/t11-/m0/s1. The van der Waals surface area contributed by atoms with Gasteiger partial charge in [-0.3, -0.25) is 14.4 Å². The van der Waals surface area contributed by atoms with E-state index in [2.05, 4.69) is 15.6 Å². The Morgan fingerprint density at radius 2 is 1.88 bits per heavy atom. The van der Waals surface area contributed by atoms with Crippen molar-refractivity contribution in [2.24, 2.45) is 0 Å². The lowest BCUT2D eigenvalue weighted by Gasteiger charge is -2.13. The Hall–Kier alpha value is -2.93. The average Bonchev–Trinajstić information content (AvgIpc) is 2.62. The number of ether oxygens (including phenoxy) is 1. The number of nitrogens with one attached hydrogen (secondary N) is 2. The number of hydrogen-bond acceptors (Lipinski definition) is 5. The van der Waals surface area contributed by atoms with Crippen LogP contribution in [0.15, 0.2) is 48.7 Å². The number of rotatable bonds is 6. The molecule has 0 saturated heterocycles. The van der Waals surface area contributed by atoms with E-state index in [0.717, 1.165) is 0 Å². The Morgan fingerprint density at radius 3 is 2.52 bits per heavy atom. The first-order valence-corrected chi connectivity index (χ1v) is 7.78.